The zero-order valence-electron chi connectivity index (χ0n) is 12.6. The molecule has 0 aromatic heterocycles. The summed E-state index contributed by atoms with van der Waals surface area (Å²) in [5, 5.41) is 11.6. The summed E-state index contributed by atoms with van der Waals surface area (Å²) in [7, 11) is 0. The molecule has 0 saturated heterocycles. The lowest BCUT2D eigenvalue weighted by molar-refractivity contribution is -0.142. The Labute approximate surface area is 125 Å². The Hall–Kier alpha value is -2.04. The molecule has 5 nitrogen and oxygen atoms in total. The highest BCUT2D eigenvalue weighted by molar-refractivity contribution is 5.78. The van der Waals surface area contributed by atoms with Gasteiger partial charge >= 0.3 is 5.97 Å². The van der Waals surface area contributed by atoms with Gasteiger partial charge in [0.2, 0.25) is 0 Å². The molecule has 0 fully saturated rings. The molecule has 116 valence electrons. The number of ether oxygens (including phenoxy) is 1. The van der Waals surface area contributed by atoms with Crippen molar-refractivity contribution in [3.63, 3.8) is 0 Å². The summed E-state index contributed by atoms with van der Waals surface area (Å²) in [5.41, 5.74) is 1.04. The van der Waals surface area contributed by atoms with Crippen LogP contribution >= 0.6 is 0 Å². The van der Waals surface area contributed by atoms with E-state index in [1.54, 1.807) is 0 Å². The lowest BCUT2D eigenvalue weighted by Crippen LogP contribution is -2.35. The number of hydrogen-bond acceptors (Lipinski definition) is 3. The van der Waals surface area contributed by atoms with Crippen molar-refractivity contribution in [2.45, 2.75) is 33.1 Å². The third kappa shape index (κ3) is 5.85. The van der Waals surface area contributed by atoms with Crippen LogP contribution in [0.3, 0.4) is 0 Å². The minimum Gasteiger partial charge on any atom is -0.483 e. The summed E-state index contributed by atoms with van der Waals surface area (Å²) in [6.07, 6.45) is 2.15. The molecule has 1 rings (SSSR count). The van der Waals surface area contributed by atoms with Crippen molar-refractivity contribution in [2.24, 2.45) is 5.92 Å². The predicted octanol–water partition coefficient (Wildman–Crippen LogP) is 2.24. The van der Waals surface area contributed by atoms with Gasteiger partial charge < -0.3 is 15.2 Å². The van der Waals surface area contributed by atoms with Gasteiger partial charge in [-0.25, -0.2) is 0 Å². The van der Waals surface area contributed by atoms with Crippen molar-refractivity contribution >= 4 is 11.9 Å². The maximum atomic E-state index is 11.7. The van der Waals surface area contributed by atoms with Crippen LogP contribution < -0.4 is 10.1 Å². The Morgan fingerprint density at radius 3 is 2.62 bits per heavy atom. The van der Waals surface area contributed by atoms with Gasteiger partial charge in [0.25, 0.3) is 5.91 Å². The topological polar surface area (TPSA) is 75.6 Å². The van der Waals surface area contributed by atoms with E-state index in [0.29, 0.717) is 12.2 Å². The largest absolute Gasteiger partial charge is 0.483 e. The fourth-order valence-electron chi connectivity index (χ4n) is 2.03. The standard InChI is InChI=1S/C16H23NO4/c1-3-7-13(16(19)20)10-17-15(18)11-21-14-9-6-5-8-12(14)4-2/h5-6,8-9,13H,3-4,7,10-11H2,1-2H3,(H,17,18)(H,19,20). The lowest BCUT2D eigenvalue weighted by Gasteiger charge is -2.13. The van der Waals surface area contributed by atoms with E-state index in [2.05, 4.69) is 5.32 Å². The van der Waals surface area contributed by atoms with Gasteiger partial charge in [-0.2, -0.15) is 0 Å². The molecule has 1 unspecified atom stereocenters. The van der Waals surface area contributed by atoms with Crippen LogP contribution in [0.15, 0.2) is 24.3 Å². The number of nitrogens with one attached hydrogen (secondary N) is 1. The first-order valence-electron chi connectivity index (χ1n) is 7.28. The van der Waals surface area contributed by atoms with E-state index in [1.807, 2.05) is 38.1 Å². The fourth-order valence-corrected chi connectivity index (χ4v) is 2.03. The summed E-state index contributed by atoms with van der Waals surface area (Å²) >= 11 is 0. The first kappa shape index (κ1) is 17.0. The van der Waals surface area contributed by atoms with E-state index in [-0.39, 0.29) is 19.1 Å². The average Bonchev–Trinajstić information content (AvgIpc) is 2.49. The second-order valence-corrected chi connectivity index (χ2v) is 4.88. The van der Waals surface area contributed by atoms with Gasteiger partial charge in [-0.05, 0) is 24.5 Å². The van der Waals surface area contributed by atoms with E-state index < -0.39 is 11.9 Å². The molecule has 0 saturated carbocycles. The Bertz CT molecular complexity index is 473. The minimum atomic E-state index is -0.880. The molecule has 0 bridgehead atoms. The summed E-state index contributed by atoms with van der Waals surface area (Å²) in [4.78, 5) is 22.7. The molecule has 0 spiro atoms. The molecule has 1 aromatic carbocycles. The zero-order valence-corrected chi connectivity index (χ0v) is 12.6. The molecule has 0 heterocycles. The molecule has 2 N–H and O–H groups in total. The number of aryl methyl sites for hydroxylation is 1. The Kier molecular flexibility index (Phi) is 7.29. The fraction of sp³-hybridized carbons (Fsp3) is 0.500. The number of rotatable bonds is 9. The molecule has 1 atom stereocenters. The van der Waals surface area contributed by atoms with Crippen molar-refractivity contribution in [3.05, 3.63) is 29.8 Å². The Balaban J connectivity index is 2.42. The van der Waals surface area contributed by atoms with Crippen LogP contribution in [0.1, 0.15) is 32.3 Å². The van der Waals surface area contributed by atoms with Crippen molar-refractivity contribution < 1.29 is 19.4 Å². The van der Waals surface area contributed by atoms with Gasteiger partial charge in [0.15, 0.2) is 6.61 Å². The second kappa shape index (κ2) is 9.00. The van der Waals surface area contributed by atoms with Crippen LogP contribution in [0.5, 0.6) is 5.75 Å². The number of hydrogen-bond donors (Lipinski definition) is 2. The monoisotopic (exact) mass is 293 g/mol. The molecule has 0 radical (unpaired) electrons. The number of benzene rings is 1. The predicted molar refractivity (Wildman–Crippen MR) is 80.4 cm³/mol. The maximum Gasteiger partial charge on any atom is 0.308 e. The van der Waals surface area contributed by atoms with Gasteiger partial charge in [0.05, 0.1) is 5.92 Å². The van der Waals surface area contributed by atoms with E-state index in [0.717, 1.165) is 18.4 Å². The Morgan fingerprint density at radius 2 is 2.00 bits per heavy atom. The number of carbonyl (C=O) groups excluding carboxylic acids is 1. The van der Waals surface area contributed by atoms with E-state index in [9.17, 15) is 9.59 Å². The quantitative estimate of drug-likeness (QED) is 0.732. The SMILES string of the molecule is CCCC(CNC(=O)COc1ccccc1CC)C(=O)O. The molecule has 0 aliphatic heterocycles. The summed E-state index contributed by atoms with van der Waals surface area (Å²) in [6, 6.07) is 7.56. The third-order valence-electron chi connectivity index (χ3n) is 3.24. The van der Waals surface area contributed by atoms with Crippen molar-refractivity contribution in [3.8, 4) is 5.75 Å². The number of carboxylic acids is 1. The highest BCUT2D eigenvalue weighted by Gasteiger charge is 2.17. The van der Waals surface area contributed by atoms with Gasteiger partial charge in [-0.1, -0.05) is 38.5 Å². The minimum absolute atomic E-state index is 0.102. The number of aliphatic carboxylic acids is 1. The van der Waals surface area contributed by atoms with Crippen molar-refractivity contribution in [2.75, 3.05) is 13.2 Å². The molecule has 5 heteroatoms. The Morgan fingerprint density at radius 1 is 1.29 bits per heavy atom. The van der Waals surface area contributed by atoms with Gasteiger partial charge in [0.1, 0.15) is 5.75 Å². The van der Waals surface area contributed by atoms with Gasteiger partial charge in [0, 0.05) is 6.54 Å². The van der Waals surface area contributed by atoms with Crippen LogP contribution in [0, 0.1) is 5.92 Å². The number of carbonyl (C=O) groups is 2. The van der Waals surface area contributed by atoms with E-state index in [4.69, 9.17) is 9.84 Å². The van der Waals surface area contributed by atoms with Crippen LogP contribution in [0.2, 0.25) is 0 Å². The highest BCUT2D eigenvalue weighted by atomic mass is 16.5. The number of carboxylic acid groups (broad SMARTS) is 1. The summed E-state index contributed by atoms with van der Waals surface area (Å²) in [6.45, 7) is 3.98. The molecule has 1 amide bonds. The van der Waals surface area contributed by atoms with Crippen LogP contribution in [0.4, 0.5) is 0 Å². The van der Waals surface area contributed by atoms with Crippen LogP contribution in [0.25, 0.3) is 0 Å². The van der Waals surface area contributed by atoms with Gasteiger partial charge in [-0.3, -0.25) is 9.59 Å². The molecule has 1 aromatic rings. The molecular formula is C16H23NO4. The van der Waals surface area contributed by atoms with Crippen molar-refractivity contribution in [1.82, 2.24) is 5.32 Å². The first-order chi connectivity index (χ1) is 10.1. The van der Waals surface area contributed by atoms with Gasteiger partial charge in [-0.15, -0.1) is 0 Å². The lowest BCUT2D eigenvalue weighted by atomic mass is 10.0. The van der Waals surface area contributed by atoms with E-state index in [1.165, 1.54) is 0 Å². The van der Waals surface area contributed by atoms with E-state index >= 15 is 0 Å². The smallest absolute Gasteiger partial charge is 0.308 e. The second-order valence-electron chi connectivity index (χ2n) is 4.88. The average molecular weight is 293 g/mol. The number of para-hydroxylation sites is 1. The molecule has 21 heavy (non-hydrogen) atoms. The first-order valence-corrected chi connectivity index (χ1v) is 7.28. The zero-order chi connectivity index (χ0) is 15.7. The van der Waals surface area contributed by atoms with Crippen molar-refractivity contribution in [1.29, 1.82) is 0 Å². The normalized spacial score (nSPS) is 11.7. The highest BCUT2D eigenvalue weighted by Crippen LogP contribution is 2.17. The summed E-state index contributed by atoms with van der Waals surface area (Å²) < 4.78 is 5.48. The number of amides is 1. The maximum absolute atomic E-state index is 11.7. The van der Waals surface area contributed by atoms with Crippen LogP contribution in [-0.4, -0.2) is 30.1 Å². The molecule has 0 aliphatic carbocycles. The summed E-state index contributed by atoms with van der Waals surface area (Å²) in [5.74, 6) is -1.03. The third-order valence-corrected chi connectivity index (χ3v) is 3.24. The molecular weight excluding hydrogens is 270 g/mol. The van der Waals surface area contributed by atoms with Crippen LogP contribution in [-0.2, 0) is 16.0 Å². The molecule has 0 aliphatic rings.